The lowest BCUT2D eigenvalue weighted by Crippen LogP contribution is -2.28. The Kier molecular flexibility index (Phi) is 5.66. The van der Waals surface area contributed by atoms with Gasteiger partial charge in [-0.25, -0.2) is 13.1 Å². The number of hydrogen-bond acceptors (Lipinski definition) is 5. The third kappa shape index (κ3) is 5.02. The van der Waals surface area contributed by atoms with Crippen LogP contribution >= 0.6 is 0 Å². The van der Waals surface area contributed by atoms with Gasteiger partial charge in [0.05, 0.1) is 4.90 Å². The molecule has 1 aromatic carbocycles. The third-order valence-electron chi connectivity index (χ3n) is 3.28. The fraction of sp³-hybridized carbons (Fsp3) is 0.357. The van der Waals surface area contributed by atoms with Crippen molar-refractivity contribution >= 4 is 21.9 Å². The van der Waals surface area contributed by atoms with Gasteiger partial charge >= 0.3 is 6.18 Å². The van der Waals surface area contributed by atoms with Gasteiger partial charge in [0.25, 0.3) is 0 Å². The normalized spacial score (nSPS) is 12.2. The first-order valence-electron chi connectivity index (χ1n) is 7.35. The van der Waals surface area contributed by atoms with Crippen molar-refractivity contribution in [3.63, 3.8) is 0 Å². The second-order valence-electron chi connectivity index (χ2n) is 5.47. The van der Waals surface area contributed by atoms with Crippen molar-refractivity contribution in [1.29, 1.82) is 0 Å². The molecule has 0 unspecified atom stereocenters. The van der Waals surface area contributed by atoms with E-state index < -0.39 is 33.9 Å². The predicted molar refractivity (Wildman–Crippen MR) is 85.7 cm³/mol. The number of benzene rings is 1. The lowest BCUT2D eigenvalue weighted by molar-refractivity contribution is -0.144. The molecule has 26 heavy (non-hydrogen) atoms. The molecule has 8 nitrogen and oxygen atoms in total. The van der Waals surface area contributed by atoms with Gasteiger partial charge in [-0.3, -0.25) is 15.2 Å². The van der Waals surface area contributed by atoms with Crippen LogP contribution < -0.4 is 10.0 Å². The van der Waals surface area contributed by atoms with Gasteiger partial charge in [0.1, 0.15) is 0 Å². The van der Waals surface area contributed by atoms with E-state index in [-0.39, 0.29) is 17.9 Å². The van der Waals surface area contributed by atoms with E-state index in [0.717, 1.165) is 5.56 Å². The number of nitrogens with zero attached hydrogens (tertiary/aromatic N) is 2. The number of carbonyl (C=O) groups is 1. The number of carbonyl (C=O) groups excluding carboxylic acids is 1. The van der Waals surface area contributed by atoms with Crippen molar-refractivity contribution < 1.29 is 26.4 Å². The molecule has 0 spiro atoms. The molecule has 0 radical (unpaired) electrons. The first-order chi connectivity index (χ1) is 12.0. The highest BCUT2D eigenvalue weighted by Crippen LogP contribution is 2.26. The Morgan fingerprint density at radius 1 is 1.27 bits per heavy atom. The molecule has 142 valence electrons. The number of nitrogens with one attached hydrogen (secondary N) is 3. The number of amides is 1. The molecule has 2 rings (SSSR count). The van der Waals surface area contributed by atoms with E-state index in [1.165, 1.54) is 6.07 Å². The largest absolute Gasteiger partial charge is 0.451 e. The summed E-state index contributed by atoms with van der Waals surface area (Å²) in [7, 11) is -3.81. The van der Waals surface area contributed by atoms with Crippen LogP contribution in [0.25, 0.3) is 0 Å². The molecule has 0 aliphatic carbocycles. The first-order valence-corrected chi connectivity index (χ1v) is 8.84. The SMILES string of the molecule is Cc1ccc(C)c(S(=O)(=O)NCCC(=O)Nc2n[nH]c(C(F)(F)F)n2)c1. The Morgan fingerprint density at radius 2 is 1.96 bits per heavy atom. The van der Waals surface area contributed by atoms with E-state index in [0.29, 0.717) is 5.56 Å². The summed E-state index contributed by atoms with van der Waals surface area (Å²) in [5.41, 5.74) is 1.31. The number of aromatic nitrogens is 3. The van der Waals surface area contributed by atoms with Crippen LogP contribution in [0.4, 0.5) is 19.1 Å². The third-order valence-corrected chi connectivity index (χ3v) is 4.89. The molecule has 1 aromatic heterocycles. The molecule has 12 heteroatoms. The van der Waals surface area contributed by atoms with E-state index in [1.54, 1.807) is 31.1 Å². The van der Waals surface area contributed by atoms with E-state index in [9.17, 15) is 26.4 Å². The number of aromatic amines is 1. The minimum atomic E-state index is -4.71. The summed E-state index contributed by atoms with van der Waals surface area (Å²) in [6, 6.07) is 4.94. The number of hydrogen-bond donors (Lipinski definition) is 3. The molecule has 3 N–H and O–H groups in total. The average molecular weight is 391 g/mol. The highest BCUT2D eigenvalue weighted by molar-refractivity contribution is 7.89. The summed E-state index contributed by atoms with van der Waals surface area (Å²) in [4.78, 5) is 14.9. The average Bonchev–Trinajstić information content (AvgIpc) is 2.98. The van der Waals surface area contributed by atoms with E-state index in [2.05, 4.69) is 20.1 Å². The molecular weight excluding hydrogens is 375 g/mol. The smallest absolute Gasteiger partial charge is 0.293 e. The van der Waals surface area contributed by atoms with Gasteiger partial charge in [-0.15, -0.1) is 5.10 Å². The fourth-order valence-electron chi connectivity index (χ4n) is 2.01. The van der Waals surface area contributed by atoms with Crippen molar-refractivity contribution in [3.8, 4) is 0 Å². The zero-order chi connectivity index (χ0) is 19.5. The number of anilines is 1. The van der Waals surface area contributed by atoms with E-state index >= 15 is 0 Å². The van der Waals surface area contributed by atoms with Crippen LogP contribution in [0.2, 0.25) is 0 Å². The number of sulfonamides is 1. The zero-order valence-electron chi connectivity index (χ0n) is 13.8. The fourth-order valence-corrected chi connectivity index (χ4v) is 3.36. The van der Waals surface area contributed by atoms with Crippen molar-refractivity contribution in [2.75, 3.05) is 11.9 Å². The van der Waals surface area contributed by atoms with Gasteiger partial charge in [-0.05, 0) is 31.0 Å². The summed E-state index contributed by atoms with van der Waals surface area (Å²) < 4.78 is 63.9. The van der Waals surface area contributed by atoms with Crippen LogP contribution in [0, 0.1) is 13.8 Å². The summed E-state index contributed by atoms with van der Waals surface area (Å²) in [6.45, 7) is 3.15. The maximum absolute atomic E-state index is 12.4. The van der Waals surface area contributed by atoms with Crippen LogP contribution in [0.5, 0.6) is 0 Å². The summed E-state index contributed by atoms with van der Waals surface area (Å²) in [5, 5.41) is 6.93. The Balaban J connectivity index is 1.91. The highest BCUT2D eigenvalue weighted by Gasteiger charge is 2.35. The molecule has 1 amide bonds. The second-order valence-corrected chi connectivity index (χ2v) is 7.21. The lowest BCUT2D eigenvalue weighted by Gasteiger charge is -2.10. The Bertz CT molecular complexity index is 909. The Labute approximate surface area is 147 Å². The summed E-state index contributed by atoms with van der Waals surface area (Å²) >= 11 is 0. The topological polar surface area (TPSA) is 117 Å². The standard InChI is InChI=1S/C14H16F3N5O3S/c1-8-3-4-9(2)10(7-8)26(24,25)18-6-5-11(23)19-13-20-12(21-22-13)14(15,16)17/h3-4,7,18H,5-6H2,1-2H3,(H2,19,20,21,22,23). The Hall–Kier alpha value is -2.47. The Morgan fingerprint density at radius 3 is 2.58 bits per heavy atom. The second kappa shape index (κ2) is 7.41. The molecule has 1 heterocycles. The van der Waals surface area contributed by atoms with Crippen LogP contribution in [0.3, 0.4) is 0 Å². The molecule has 0 fully saturated rings. The zero-order valence-corrected chi connectivity index (χ0v) is 14.6. The molecule has 0 bridgehead atoms. The lowest BCUT2D eigenvalue weighted by atomic mass is 10.2. The van der Waals surface area contributed by atoms with Crippen LogP contribution in [0.15, 0.2) is 23.1 Å². The van der Waals surface area contributed by atoms with Crippen molar-refractivity contribution in [2.24, 2.45) is 0 Å². The van der Waals surface area contributed by atoms with Crippen molar-refractivity contribution in [3.05, 3.63) is 35.2 Å². The van der Waals surface area contributed by atoms with Gasteiger partial charge < -0.3 is 0 Å². The van der Waals surface area contributed by atoms with Crippen LogP contribution in [0.1, 0.15) is 23.4 Å². The maximum atomic E-state index is 12.4. The van der Waals surface area contributed by atoms with E-state index in [1.807, 2.05) is 0 Å². The number of rotatable bonds is 6. The highest BCUT2D eigenvalue weighted by atomic mass is 32.2. The molecule has 0 saturated carbocycles. The summed E-state index contributed by atoms with van der Waals surface area (Å²) in [5.74, 6) is -2.62. The van der Waals surface area contributed by atoms with Gasteiger partial charge in [-0.1, -0.05) is 12.1 Å². The van der Waals surface area contributed by atoms with Crippen molar-refractivity contribution in [2.45, 2.75) is 31.3 Å². The van der Waals surface area contributed by atoms with Crippen LogP contribution in [-0.4, -0.2) is 36.1 Å². The molecule has 0 aliphatic rings. The minimum absolute atomic E-state index is 0.0988. The molecule has 0 saturated heterocycles. The van der Waals surface area contributed by atoms with Crippen LogP contribution in [-0.2, 0) is 21.0 Å². The number of aryl methyl sites for hydroxylation is 2. The first kappa shape index (κ1) is 19.8. The number of alkyl halides is 3. The predicted octanol–water partition coefficient (Wildman–Crippen LogP) is 1.75. The monoisotopic (exact) mass is 391 g/mol. The van der Waals surface area contributed by atoms with Gasteiger partial charge in [0.2, 0.25) is 27.7 Å². The number of halogens is 3. The van der Waals surface area contributed by atoms with Gasteiger partial charge in [0, 0.05) is 13.0 Å². The minimum Gasteiger partial charge on any atom is -0.293 e. The molecule has 2 aromatic rings. The van der Waals surface area contributed by atoms with Gasteiger partial charge in [0.15, 0.2) is 0 Å². The molecular formula is C14H16F3N5O3S. The maximum Gasteiger partial charge on any atom is 0.451 e. The van der Waals surface area contributed by atoms with E-state index in [4.69, 9.17) is 0 Å². The quantitative estimate of drug-likeness (QED) is 0.694. The number of H-pyrrole nitrogens is 1. The molecule has 0 aliphatic heterocycles. The van der Waals surface area contributed by atoms with Gasteiger partial charge in [-0.2, -0.15) is 18.2 Å². The molecule has 0 atom stereocenters. The van der Waals surface area contributed by atoms with Crippen molar-refractivity contribution in [1.82, 2.24) is 19.9 Å². The summed E-state index contributed by atoms with van der Waals surface area (Å²) in [6.07, 6.45) is -5.02.